The van der Waals surface area contributed by atoms with Crippen LogP contribution in [-0.4, -0.2) is 48.5 Å². The maximum absolute atomic E-state index is 12.6. The number of hydrogen-bond acceptors (Lipinski definition) is 3. The van der Waals surface area contributed by atoms with Gasteiger partial charge in [-0.2, -0.15) is 0 Å². The zero-order valence-electron chi connectivity index (χ0n) is 15.6. The number of para-hydroxylation sites is 1. The number of hydrogen-bond donors (Lipinski definition) is 0. The average molecular weight is 352 g/mol. The van der Waals surface area contributed by atoms with E-state index in [1.165, 1.54) is 5.56 Å². The number of amides is 1. The fourth-order valence-electron chi connectivity index (χ4n) is 3.40. The lowest BCUT2D eigenvalue weighted by atomic mass is 10.1. The first-order valence-corrected chi connectivity index (χ1v) is 9.51. The van der Waals surface area contributed by atoms with Gasteiger partial charge in [0.2, 0.25) is 5.91 Å². The van der Waals surface area contributed by atoms with E-state index in [0.29, 0.717) is 13.0 Å². The van der Waals surface area contributed by atoms with Crippen LogP contribution in [0.2, 0.25) is 0 Å². The Bertz CT molecular complexity index is 694. The molecular formula is C22H28N2O2. The predicted molar refractivity (Wildman–Crippen MR) is 104 cm³/mol. The zero-order valence-corrected chi connectivity index (χ0v) is 15.6. The van der Waals surface area contributed by atoms with Crippen LogP contribution in [0.15, 0.2) is 54.6 Å². The van der Waals surface area contributed by atoms with Crippen molar-refractivity contribution in [1.82, 2.24) is 9.80 Å². The fraction of sp³-hybridized carbons (Fsp3) is 0.409. The maximum atomic E-state index is 12.6. The van der Waals surface area contributed by atoms with E-state index in [4.69, 9.17) is 4.74 Å². The number of aryl methyl sites for hydroxylation is 1. The standard InChI is InChI=1S/C22H28N2O2/c1-2-26-21-11-7-6-10-20(21)12-13-22(25)24-16-14-23(15-17-24)18-19-8-4-3-5-9-19/h3-11H,2,12-18H2,1H3. The molecule has 0 atom stereocenters. The third-order valence-electron chi connectivity index (χ3n) is 4.85. The lowest BCUT2D eigenvalue weighted by Crippen LogP contribution is -2.48. The SMILES string of the molecule is CCOc1ccccc1CCC(=O)N1CCN(Cc2ccccc2)CC1. The summed E-state index contributed by atoms with van der Waals surface area (Å²) < 4.78 is 5.65. The topological polar surface area (TPSA) is 32.8 Å². The van der Waals surface area contributed by atoms with E-state index >= 15 is 0 Å². The molecule has 2 aromatic carbocycles. The van der Waals surface area contributed by atoms with E-state index in [9.17, 15) is 4.79 Å². The molecule has 1 saturated heterocycles. The monoisotopic (exact) mass is 352 g/mol. The number of carbonyl (C=O) groups excluding carboxylic acids is 1. The molecule has 3 rings (SSSR count). The highest BCUT2D eigenvalue weighted by Crippen LogP contribution is 2.20. The molecule has 0 aliphatic carbocycles. The van der Waals surface area contributed by atoms with Crippen molar-refractivity contribution in [1.29, 1.82) is 0 Å². The molecule has 2 aromatic rings. The molecule has 0 bridgehead atoms. The van der Waals surface area contributed by atoms with E-state index in [0.717, 1.165) is 50.5 Å². The Kier molecular flexibility index (Phi) is 6.67. The van der Waals surface area contributed by atoms with Gasteiger partial charge in [0.05, 0.1) is 6.61 Å². The summed E-state index contributed by atoms with van der Waals surface area (Å²) in [6, 6.07) is 18.5. The molecule has 4 nitrogen and oxygen atoms in total. The first-order valence-electron chi connectivity index (χ1n) is 9.51. The quantitative estimate of drug-likeness (QED) is 0.766. The Morgan fingerprint density at radius 3 is 2.38 bits per heavy atom. The Morgan fingerprint density at radius 2 is 1.65 bits per heavy atom. The van der Waals surface area contributed by atoms with Gasteiger partial charge in [-0.25, -0.2) is 0 Å². The van der Waals surface area contributed by atoms with Gasteiger partial charge in [0, 0.05) is 39.1 Å². The van der Waals surface area contributed by atoms with Gasteiger partial charge in [0.25, 0.3) is 0 Å². The van der Waals surface area contributed by atoms with E-state index in [1.54, 1.807) is 0 Å². The van der Waals surface area contributed by atoms with Gasteiger partial charge < -0.3 is 9.64 Å². The van der Waals surface area contributed by atoms with Crippen LogP contribution in [-0.2, 0) is 17.8 Å². The summed E-state index contributed by atoms with van der Waals surface area (Å²) in [5.74, 6) is 1.14. The minimum Gasteiger partial charge on any atom is -0.494 e. The molecule has 1 heterocycles. The van der Waals surface area contributed by atoms with Gasteiger partial charge >= 0.3 is 0 Å². The van der Waals surface area contributed by atoms with Crippen molar-refractivity contribution in [2.75, 3.05) is 32.8 Å². The van der Waals surface area contributed by atoms with Crippen molar-refractivity contribution in [2.45, 2.75) is 26.3 Å². The van der Waals surface area contributed by atoms with Crippen LogP contribution in [0.25, 0.3) is 0 Å². The van der Waals surface area contributed by atoms with Crippen molar-refractivity contribution in [2.24, 2.45) is 0 Å². The highest BCUT2D eigenvalue weighted by Gasteiger charge is 2.21. The van der Waals surface area contributed by atoms with E-state index in [2.05, 4.69) is 35.2 Å². The molecule has 4 heteroatoms. The van der Waals surface area contributed by atoms with Gasteiger partial charge in [0.1, 0.15) is 5.75 Å². The van der Waals surface area contributed by atoms with Gasteiger partial charge in [0.15, 0.2) is 0 Å². The fourth-order valence-corrected chi connectivity index (χ4v) is 3.40. The number of carbonyl (C=O) groups is 1. The Morgan fingerprint density at radius 1 is 0.962 bits per heavy atom. The second-order valence-electron chi connectivity index (χ2n) is 6.68. The number of ether oxygens (including phenoxy) is 1. The largest absolute Gasteiger partial charge is 0.494 e. The lowest BCUT2D eigenvalue weighted by molar-refractivity contribution is -0.133. The van der Waals surface area contributed by atoms with Gasteiger partial charge in [-0.05, 0) is 30.5 Å². The molecule has 0 saturated carbocycles. The van der Waals surface area contributed by atoms with E-state index in [1.807, 2.05) is 36.1 Å². The molecule has 26 heavy (non-hydrogen) atoms. The van der Waals surface area contributed by atoms with Crippen molar-refractivity contribution >= 4 is 5.91 Å². The van der Waals surface area contributed by atoms with Crippen LogP contribution in [0.4, 0.5) is 0 Å². The number of benzene rings is 2. The molecule has 1 aliphatic rings. The van der Waals surface area contributed by atoms with Crippen molar-refractivity contribution < 1.29 is 9.53 Å². The van der Waals surface area contributed by atoms with Crippen LogP contribution in [0.1, 0.15) is 24.5 Å². The Labute approximate surface area is 156 Å². The number of nitrogens with zero attached hydrogens (tertiary/aromatic N) is 2. The number of piperazine rings is 1. The molecule has 0 aromatic heterocycles. The zero-order chi connectivity index (χ0) is 18.2. The molecule has 0 radical (unpaired) electrons. The maximum Gasteiger partial charge on any atom is 0.222 e. The van der Waals surface area contributed by atoms with Crippen LogP contribution < -0.4 is 4.74 Å². The van der Waals surface area contributed by atoms with Crippen molar-refractivity contribution in [3.8, 4) is 5.75 Å². The molecular weight excluding hydrogens is 324 g/mol. The Balaban J connectivity index is 1.45. The molecule has 1 aliphatic heterocycles. The van der Waals surface area contributed by atoms with Crippen molar-refractivity contribution in [3.63, 3.8) is 0 Å². The van der Waals surface area contributed by atoms with Crippen LogP contribution in [0.3, 0.4) is 0 Å². The molecule has 0 unspecified atom stereocenters. The highest BCUT2D eigenvalue weighted by atomic mass is 16.5. The molecule has 1 amide bonds. The van der Waals surface area contributed by atoms with Gasteiger partial charge in [-0.1, -0.05) is 48.5 Å². The molecule has 138 valence electrons. The van der Waals surface area contributed by atoms with E-state index < -0.39 is 0 Å². The minimum atomic E-state index is 0.246. The van der Waals surface area contributed by atoms with E-state index in [-0.39, 0.29) is 5.91 Å². The van der Waals surface area contributed by atoms with Gasteiger partial charge in [-0.15, -0.1) is 0 Å². The predicted octanol–water partition coefficient (Wildman–Crippen LogP) is 3.36. The van der Waals surface area contributed by atoms with Crippen molar-refractivity contribution in [3.05, 3.63) is 65.7 Å². The first-order chi connectivity index (χ1) is 12.8. The highest BCUT2D eigenvalue weighted by molar-refractivity contribution is 5.76. The van der Waals surface area contributed by atoms with Gasteiger partial charge in [-0.3, -0.25) is 9.69 Å². The summed E-state index contributed by atoms with van der Waals surface area (Å²) in [4.78, 5) is 17.0. The smallest absolute Gasteiger partial charge is 0.222 e. The van der Waals surface area contributed by atoms with Crippen LogP contribution in [0, 0.1) is 0 Å². The molecule has 1 fully saturated rings. The van der Waals surface area contributed by atoms with Crippen LogP contribution in [0.5, 0.6) is 5.75 Å². The van der Waals surface area contributed by atoms with Crippen LogP contribution >= 0.6 is 0 Å². The normalized spacial score (nSPS) is 15.0. The summed E-state index contributed by atoms with van der Waals surface area (Å²) in [6.07, 6.45) is 1.28. The summed E-state index contributed by atoms with van der Waals surface area (Å²) in [7, 11) is 0. The number of rotatable bonds is 7. The summed E-state index contributed by atoms with van der Waals surface area (Å²) in [5, 5.41) is 0. The third kappa shape index (κ3) is 5.09. The first kappa shape index (κ1) is 18.5. The lowest BCUT2D eigenvalue weighted by Gasteiger charge is -2.34. The average Bonchev–Trinajstić information content (AvgIpc) is 2.69. The second-order valence-corrected chi connectivity index (χ2v) is 6.68. The molecule has 0 N–H and O–H groups in total. The minimum absolute atomic E-state index is 0.246. The third-order valence-corrected chi connectivity index (χ3v) is 4.85. The Hall–Kier alpha value is -2.33. The summed E-state index contributed by atoms with van der Waals surface area (Å²) >= 11 is 0. The summed E-state index contributed by atoms with van der Waals surface area (Å²) in [6.45, 7) is 7.11. The summed E-state index contributed by atoms with van der Waals surface area (Å²) in [5.41, 5.74) is 2.45. The second kappa shape index (κ2) is 9.39. The molecule has 0 spiro atoms.